The Morgan fingerprint density at radius 3 is 2.35 bits per heavy atom. The molecule has 0 atom stereocenters. The van der Waals surface area contributed by atoms with Crippen molar-refractivity contribution in [3.05, 3.63) is 35.4 Å². The fraction of sp³-hybridized carbons (Fsp3) is 0.556. The summed E-state index contributed by atoms with van der Waals surface area (Å²) in [5.74, 6) is 0.743. The average molecular weight is 318 g/mol. The average Bonchev–Trinajstić information content (AvgIpc) is 2.56. The van der Waals surface area contributed by atoms with E-state index in [1.807, 2.05) is 26.8 Å². The summed E-state index contributed by atoms with van der Waals surface area (Å²) in [6.07, 6.45) is 0.999. The van der Waals surface area contributed by atoms with Crippen molar-refractivity contribution in [3.8, 4) is 0 Å². The van der Waals surface area contributed by atoms with Gasteiger partial charge in [0.05, 0.1) is 12.0 Å². The van der Waals surface area contributed by atoms with Gasteiger partial charge in [0.15, 0.2) is 5.96 Å². The van der Waals surface area contributed by atoms with Crippen LogP contribution in [0.25, 0.3) is 0 Å². The number of amides is 1. The van der Waals surface area contributed by atoms with E-state index in [4.69, 9.17) is 0 Å². The van der Waals surface area contributed by atoms with Gasteiger partial charge in [-0.05, 0) is 38.3 Å². The number of carbonyl (C=O) groups is 1. The Labute approximate surface area is 140 Å². The fourth-order valence-electron chi connectivity index (χ4n) is 2.29. The first-order valence-corrected chi connectivity index (χ1v) is 8.25. The van der Waals surface area contributed by atoms with Crippen molar-refractivity contribution in [2.24, 2.45) is 10.4 Å². The van der Waals surface area contributed by atoms with E-state index in [-0.39, 0.29) is 5.91 Å². The predicted octanol–water partition coefficient (Wildman–Crippen LogP) is 2.08. The fourth-order valence-corrected chi connectivity index (χ4v) is 2.29. The van der Waals surface area contributed by atoms with E-state index in [1.165, 1.54) is 11.1 Å². The summed E-state index contributed by atoms with van der Waals surface area (Å²) in [6, 6.07) is 8.35. The molecular weight excluding hydrogens is 288 g/mol. The van der Waals surface area contributed by atoms with Gasteiger partial charge in [-0.15, -0.1) is 0 Å². The van der Waals surface area contributed by atoms with Gasteiger partial charge in [-0.1, -0.05) is 31.2 Å². The molecule has 128 valence electrons. The Hall–Kier alpha value is -2.04. The van der Waals surface area contributed by atoms with Crippen molar-refractivity contribution in [1.82, 2.24) is 16.0 Å². The van der Waals surface area contributed by atoms with Crippen LogP contribution in [0.4, 0.5) is 0 Å². The van der Waals surface area contributed by atoms with Crippen molar-refractivity contribution in [2.45, 2.75) is 40.7 Å². The van der Waals surface area contributed by atoms with Gasteiger partial charge in [-0.2, -0.15) is 0 Å². The Morgan fingerprint density at radius 2 is 1.78 bits per heavy atom. The number of benzene rings is 1. The van der Waals surface area contributed by atoms with Crippen LogP contribution in [0.3, 0.4) is 0 Å². The summed E-state index contributed by atoms with van der Waals surface area (Å²) in [5, 5.41) is 9.18. The second kappa shape index (κ2) is 9.18. The van der Waals surface area contributed by atoms with E-state index < -0.39 is 5.41 Å². The molecule has 0 aliphatic heterocycles. The molecule has 5 nitrogen and oxygen atoms in total. The topological polar surface area (TPSA) is 65.5 Å². The van der Waals surface area contributed by atoms with Gasteiger partial charge in [0.25, 0.3) is 0 Å². The Morgan fingerprint density at radius 1 is 1.13 bits per heavy atom. The SMILES string of the molecule is CCNC(=NCc1ccccc1CC)NCC(C)(C)C(=O)NC. The van der Waals surface area contributed by atoms with Crippen molar-refractivity contribution in [1.29, 1.82) is 0 Å². The molecule has 1 aromatic carbocycles. The number of hydrogen-bond acceptors (Lipinski definition) is 2. The molecule has 0 aliphatic rings. The van der Waals surface area contributed by atoms with Gasteiger partial charge < -0.3 is 16.0 Å². The summed E-state index contributed by atoms with van der Waals surface area (Å²) < 4.78 is 0. The van der Waals surface area contributed by atoms with E-state index in [0.29, 0.717) is 13.1 Å². The standard InChI is InChI=1S/C18H30N4O/c1-6-14-10-8-9-11-15(14)12-21-17(20-7-2)22-13-18(3,4)16(23)19-5/h8-11H,6-7,12-13H2,1-5H3,(H,19,23)(H2,20,21,22). The molecule has 0 radical (unpaired) electrons. The van der Waals surface area contributed by atoms with Gasteiger partial charge >= 0.3 is 0 Å². The van der Waals surface area contributed by atoms with Gasteiger partial charge in [0.1, 0.15) is 0 Å². The zero-order valence-electron chi connectivity index (χ0n) is 15.0. The molecule has 0 unspecified atom stereocenters. The lowest BCUT2D eigenvalue weighted by Crippen LogP contribution is -2.47. The number of rotatable bonds is 7. The largest absolute Gasteiger partial charge is 0.359 e. The van der Waals surface area contributed by atoms with Crippen molar-refractivity contribution in [2.75, 3.05) is 20.1 Å². The molecule has 5 heteroatoms. The monoisotopic (exact) mass is 318 g/mol. The van der Waals surface area contributed by atoms with Crippen molar-refractivity contribution < 1.29 is 4.79 Å². The van der Waals surface area contributed by atoms with Gasteiger partial charge in [-0.25, -0.2) is 4.99 Å². The summed E-state index contributed by atoms with van der Waals surface area (Å²) in [7, 11) is 1.66. The zero-order valence-corrected chi connectivity index (χ0v) is 15.0. The molecule has 0 heterocycles. The number of aliphatic imine (C=N–C) groups is 1. The third-order valence-corrected chi connectivity index (χ3v) is 3.79. The maximum absolute atomic E-state index is 11.9. The predicted molar refractivity (Wildman–Crippen MR) is 96.5 cm³/mol. The van der Waals surface area contributed by atoms with E-state index >= 15 is 0 Å². The van der Waals surface area contributed by atoms with Crippen LogP contribution in [-0.4, -0.2) is 32.0 Å². The molecule has 0 fully saturated rings. The highest BCUT2D eigenvalue weighted by molar-refractivity contribution is 5.84. The number of aryl methyl sites for hydroxylation is 1. The quantitative estimate of drug-likeness (QED) is 0.533. The van der Waals surface area contributed by atoms with Gasteiger partial charge in [0.2, 0.25) is 5.91 Å². The molecule has 0 aromatic heterocycles. The van der Waals surface area contributed by atoms with E-state index in [9.17, 15) is 4.79 Å². The summed E-state index contributed by atoms with van der Waals surface area (Å²) >= 11 is 0. The van der Waals surface area contributed by atoms with Crippen LogP contribution in [0.1, 0.15) is 38.8 Å². The van der Waals surface area contributed by atoms with Crippen molar-refractivity contribution >= 4 is 11.9 Å². The lowest BCUT2D eigenvalue weighted by Gasteiger charge is -2.24. The second-order valence-corrected chi connectivity index (χ2v) is 6.13. The Balaban J connectivity index is 2.76. The van der Waals surface area contributed by atoms with Crippen LogP contribution in [0.5, 0.6) is 0 Å². The van der Waals surface area contributed by atoms with E-state index in [1.54, 1.807) is 7.05 Å². The Bertz CT molecular complexity index is 538. The zero-order chi connectivity index (χ0) is 17.3. The third kappa shape index (κ3) is 5.93. The second-order valence-electron chi connectivity index (χ2n) is 6.13. The highest BCUT2D eigenvalue weighted by Gasteiger charge is 2.26. The maximum atomic E-state index is 11.9. The highest BCUT2D eigenvalue weighted by atomic mass is 16.2. The molecular formula is C18H30N4O. The van der Waals surface area contributed by atoms with Crippen LogP contribution in [-0.2, 0) is 17.8 Å². The van der Waals surface area contributed by atoms with Gasteiger partial charge in [0, 0.05) is 20.1 Å². The lowest BCUT2D eigenvalue weighted by atomic mass is 9.92. The molecule has 0 spiro atoms. The van der Waals surface area contributed by atoms with Crippen LogP contribution in [0.15, 0.2) is 29.3 Å². The molecule has 0 saturated carbocycles. The lowest BCUT2D eigenvalue weighted by molar-refractivity contribution is -0.128. The summed E-state index contributed by atoms with van der Waals surface area (Å²) in [4.78, 5) is 16.5. The third-order valence-electron chi connectivity index (χ3n) is 3.79. The smallest absolute Gasteiger partial charge is 0.227 e. The molecule has 0 bridgehead atoms. The molecule has 1 aromatic rings. The number of nitrogens with one attached hydrogen (secondary N) is 3. The highest BCUT2D eigenvalue weighted by Crippen LogP contribution is 2.13. The summed E-state index contributed by atoms with van der Waals surface area (Å²) in [5.41, 5.74) is 2.06. The number of guanidine groups is 1. The van der Waals surface area contributed by atoms with Crippen LogP contribution in [0, 0.1) is 5.41 Å². The van der Waals surface area contributed by atoms with E-state index in [2.05, 4.69) is 46.1 Å². The first-order valence-electron chi connectivity index (χ1n) is 8.25. The molecule has 1 amide bonds. The maximum Gasteiger partial charge on any atom is 0.227 e. The molecule has 23 heavy (non-hydrogen) atoms. The number of carbonyl (C=O) groups excluding carboxylic acids is 1. The van der Waals surface area contributed by atoms with Crippen molar-refractivity contribution in [3.63, 3.8) is 0 Å². The molecule has 1 rings (SSSR count). The van der Waals surface area contributed by atoms with E-state index in [0.717, 1.165) is 18.9 Å². The first-order chi connectivity index (χ1) is 10.9. The molecule has 3 N–H and O–H groups in total. The van der Waals surface area contributed by atoms with Crippen LogP contribution in [0.2, 0.25) is 0 Å². The molecule has 0 aliphatic carbocycles. The first kappa shape index (κ1) is 19.0. The van der Waals surface area contributed by atoms with Crippen LogP contribution < -0.4 is 16.0 Å². The Kier molecular flexibility index (Phi) is 7.59. The number of nitrogens with zero attached hydrogens (tertiary/aromatic N) is 1. The minimum absolute atomic E-state index is 0.0113. The number of hydrogen-bond donors (Lipinski definition) is 3. The van der Waals surface area contributed by atoms with Crippen LogP contribution >= 0.6 is 0 Å². The molecule has 0 saturated heterocycles. The normalized spacial score (nSPS) is 12.0. The minimum atomic E-state index is -0.494. The summed E-state index contributed by atoms with van der Waals surface area (Å²) in [6.45, 7) is 9.93. The minimum Gasteiger partial charge on any atom is -0.359 e. The van der Waals surface area contributed by atoms with Gasteiger partial charge in [-0.3, -0.25) is 4.79 Å².